The predicted octanol–water partition coefficient (Wildman–Crippen LogP) is 7.47. The number of aromatic nitrogens is 1. The lowest BCUT2D eigenvalue weighted by Gasteiger charge is -2.31. The first-order chi connectivity index (χ1) is 17.9. The van der Waals surface area contributed by atoms with Crippen molar-refractivity contribution in [3.05, 3.63) is 112 Å². The Labute approximate surface area is 225 Å². The fraction of sp³-hybridized carbons (Fsp3) is 0.250. The van der Waals surface area contributed by atoms with Crippen LogP contribution in [0.15, 0.2) is 77.4 Å². The number of benzene rings is 2. The topological polar surface area (TPSA) is 65.7 Å². The second-order valence-electron chi connectivity index (χ2n) is 8.37. The third kappa shape index (κ3) is 5.76. The van der Waals surface area contributed by atoms with Crippen molar-refractivity contribution in [1.29, 1.82) is 0 Å². The molecule has 5 heteroatoms. The first-order valence-corrected chi connectivity index (χ1v) is 12.9. The Morgan fingerprint density at radius 2 is 1.78 bits per heavy atom. The van der Waals surface area contributed by atoms with E-state index in [1.54, 1.807) is 18.5 Å². The van der Waals surface area contributed by atoms with Crippen LogP contribution >= 0.6 is 11.6 Å². The molecule has 0 bridgehead atoms. The van der Waals surface area contributed by atoms with Crippen molar-refractivity contribution in [2.24, 2.45) is 4.99 Å². The van der Waals surface area contributed by atoms with Crippen molar-refractivity contribution in [2.45, 2.75) is 53.2 Å². The molecule has 0 saturated carbocycles. The van der Waals surface area contributed by atoms with Crippen LogP contribution in [0.25, 0.3) is 22.0 Å². The van der Waals surface area contributed by atoms with Gasteiger partial charge >= 0.3 is 0 Å². The molecular weight excluding hydrogens is 480 g/mol. The Morgan fingerprint density at radius 1 is 1.05 bits per heavy atom. The van der Waals surface area contributed by atoms with E-state index in [-0.39, 0.29) is 6.61 Å². The molecule has 0 saturated heterocycles. The molecule has 4 rings (SSSR count). The molecule has 1 aromatic heterocycles. The quantitative estimate of drug-likeness (QED) is 0.199. The minimum Gasteiger partial charge on any atom is -0.392 e. The van der Waals surface area contributed by atoms with Gasteiger partial charge in [0, 0.05) is 17.8 Å². The van der Waals surface area contributed by atoms with Gasteiger partial charge in [-0.15, -0.1) is 0 Å². The molecule has 1 unspecified atom stereocenters. The summed E-state index contributed by atoms with van der Waals surface area (Å²) >= 11 is 6.34. The first kappa shape index (κ1) is 28.1. The van der Waals surface area contributed by atoms with Crippen molar-refractivity contribution in [3.63, 3.8) is 0 Å². The number of hydrogen-bond acceptors (Lipinski definition) is 4. The van der Waals surface area contributed by atoms with Crippen LogP contribution in [0, 0.1) is 12.1 Å². The van der Waals surface area contributed by atoms with E-state index in [4.69, 9.17) is 11.6 Å². The Kier molecular flexibility index (Phi) is 9.60. The van der Waals surface area contributed by atoms with Crippen LogP contribution in [0.2, 0.25) is 5.15 Å². The molecule has 0 fully saturated rings. The van der Waals surface area contributed by atoms with E-state index < -0.39 is 5.60 Å². The van der Waals surface area contributed by atoms with Crippen molar-refractivity contribution in [2.75, 3.05) is 0 Å². The van der Waals surface area contributed by atoms with E-state index in [9.17, 15) is 10.2 Å². The third-order valence-corrected chi connectivity index (χ3v) is 6.52. The van der Waals surface area contributed by atoms with Gasteiger partial charge in [0.2, 0.25) is 0 Å². The molecule has 0 amide bonds. The van der Waals surface area contributed by atoms with Crippen LogP contribution in [0.4, 0.5) is 0 Å². The highest BCUT2D eigenvalue weighted by Crippen LogP contribution is 2.40. The maximum atomic E-state index is 12.3. The largest absolute Gasteiger partial charge is 0.392 e. The summed E-state index contributed by atoms with van der Waals surface area (Å²) in [6, 6.07) is 24.8. The molecule has 0 aliphatic heterocycles. The SMILES string of the molecule is CC.CC=N/C=C(\C)C(O)(c1ccc(CC)c(CO)c1)c1ccc2nc(Cl)cc(-c3cc#ccc3)c2c1. The van der Waals surface area contributed by atoms with Gasteiger partial charge in [-0.3, -0.25) is 4.99 Å². The highest BCUT2D eigenvalue weighted by Gasteiger charge is 2.34. The van der Waals surface area contributed by atoms with Gasteiger partial charge in [0.05, 0.1) is 12.1 Å². The maximum absolute atomic E-state index is 12.3. The number of fused-ring (bicyclic) bond motifs is 1. The molecule has 2 N–H and O–H groups in total. The smallest absolute Gasteiger partial charge is 0.138 e. The van der Waals surface area contributed by atoms with Crippen molar-refractivity contribution >= 4 is 28.7 Å². The number of halogens is 1. The zero-order valence-corrected chi connectivity index (χ0v) is 22.8. The number of rotatable bonds is 7. The molecular formula is C32H33ClN2O2. The minimum atomic E-state index is -1.48. The zero-order chi connectivity index (χ0) is 27.0. The van der Waals surface area contributed by atoms with Crippen molar-refractivity contribution in [1.82, 2.24) is 4.98 Å². The standard InChI is InChI=1S/C30H27ClN2O2.C2H6/c1-4-21-11-12-24(15-23(21)19-34)30(35,20(3)18-32-5-2)25-13-14-28-27(16-25)26(17-29(31)33-28)22-9-7-6-8-10-22;1-2/h5,7,9-18,34-35H,4,19H2,1-3H3;1-2H3/b20-18+,32-5?;. The average molecular weight is 513 g/mol. The van der Waals surface area contributed by atoms with Gasteiger partial charge in [-0.25, -0.2) is 4.98 Å². The summed E-state index contributed by atoms with van der Waals surface area (Å²) in [7, 11) is 0. The van der Waals surface area contributed by atoms with E-state index >= 15 is 0 Å². The van der Waals surface area contributed by atoms with Crippen LogP contribution in [0.5, 0.6) is 0 Å². The molecule has 190 valence electrons. The average Bonchev–Trinajstić information content (AvgIpc) is 2.95. The molecule has 4 aromatic rings. The maximum Gasteiger partial charge on any atom is 0.138 e. The van der Waals surface area contributed by atoms with Crippen molar-refractivity contribution in [3.8, 4) is 11.1 Å². The molecule has 0 radical (unpaired) electrons. The molecule has 4 nitrogen and oxygen atoms in total. The summed E-state index contributed by atoms with van der Waals surface area (Å²) in [4.78, 5) is 8.77. The van der Waals surface area contributed by atoms with E-state index in [0.29, 0.717) is 21.9 Å². The number of hydrogen-bond donors (Lipinski definition) is 2. The fourth-order valence-electron chi connectivity index (χ4n) is 4.42. The lowest BCUT2D eigenvalue weighted by Crippen LogP contribution is -2.29. The Balaban J connectivity index is 0.00000186. The Bertz CT molecular complexity index is 1410. The number of aliphatic hydroxyl groups is 2. The van der Waals surface area contributed by atoms with Gasteiger partial charge in [0.1, 0.15) is 10.8 Å². The zero-order valence-electron chi connectivity index (χ0n) is 22.0. The highest BCUT2D eigenvalue weighted by molar-refractivity contribution is 6.30. The molecule has 0 aliphatic carbocycles. The lowest BCUT2D eigenvalue weighted by atomic mass is 9.79. The second-order valence-corrected chi connectivity index (χ2v) is 8.76. The second kappa shape index (κ2) is 12.7. The van der Waals surface area contributed by atoms with Crippen LogP contribution in [0.3, 0.4) is 0 Å². The summed E-state index contributed by atoms with van der Waals surface area (Å²) in [5.74, 6) is 0. The monoisotopic (exact) mass is 512 g/mol. The molecule has 0 spiro atoms. The molecule has 0 aliphatic rings. The summed E-state index contributed by atoms with van der Waals surface area (Å²) < 4.78 is 0. The summed E-state index contributed by atoms with van der Waals surface area (Å²) in [5.41, 5.74) is 4.86. The van der Waals surface area contributed by atoms with Crippen LogP contribution in [-0.4, -0.2) is 21.4 Å². The number of nitrogens with zero attached hydrogens (tertiary/aromatic N) is 2. The first-order valence-electron chi connectivity index (χ1n) is 12.5. The van der Waals surface area contributed by atoms with Crippen molar-refractivity contribution < 1.29 is 10.2 Å². The lowest BCUT2D eigenvalue weighted by molar-refractivity contribution is 0.120. The molecule has 3 aromatic carbocycles. The number of aliphatic hydroxyl groups excluding tert-OH is 1. The van der Waals surface area contributed by atoms with Crippen LogP contribution < -0.4 is 0 Å². The van der Waals surface area contributed by atoms with E-state index in [2.05, 4.69) is 22.1 Å². The molecule has 1 atom stereocenters. The van der Waals surface area contributed by atoms with Gasteiger partial charge in [0.15, 0.2) is 0 Å². The van der Waals surface area contributed by atoms with Gasteiger partial charge in [-0.1, -0.05) is 62.7 Å². The van der Waals surface area contributed by atoms with E-state index in [1.807, 2.05) is 89.2 Å². The van der Waals surface area contributed by atoms with Gasteiger partial charge in [0.25, 0.3) is 0 Å². The van der Waals surface area contributed by atoms with Crippen LogP contribution in [-0.2, 0) is 18.6 Å². The summed E-state index contributed by atoms with van der Waals surface area (Å²) in [6.45, 7) is 9.62. The minimum absolute atomic E-state index is 0.102. The highest BCUT2D eigenvalue weighted by atomic mass is 35.5. The predicted molar refractivity (Wildman–Crippen MR) is 154 cm³/mol. The summed E-state index contributed by atoms with van der Waals surface area (Å²) in [6.07, 6.45) is 4.14. The summed E-state index contributed by atoms with van der Waals surface area (Å²) in [5, 5.41) is 23.5. The van der Waals surface area contributed by atoms with Crippen LogP contribution in [0.1, 0.15) is 56.9 Å². The van der Waals surface area contributed by atoms with E-state index in [0.717, 1.165) is 39.6 Å². The number of aryl methyl sites for hydroxylation is 1. The third-order valence-electron chi connectivity index (χ3n) is 6.33. The van der Waals surface area contributed by atoms with E-state index in [1.165, 1.54) is 0 Å². The molecule has 1 heterocycles. The fourth-order valence-corrected chi connectivity index (χ4v) is 4.62. The molecule has 37 heavy (non-hydrogen) atoms. The van der Waals surface area contributed by atoms with Gasteiger partial charge in [-0.2, -0.15) is 0 Å². The van der Waals surface area contributed by atoms with Gasteiger partial charge < -0.3 is 10.2 Å². The number of aliphatic imine (C=N–C) groups is 1. The Hall–Kier alpha value is -3.49. The normalized spacial score (nSPS) is 13.1. The van der Waals surface area contributed by atoms with Gasteiger partial charge in [-0.05, 0) is 102 Å². The Morgan fingerprint density at radius 3 is 2.43 bits per heavy atom. The number of pyridine rings is 1.